The molecule has 1 heterocycles. The van der Waals surface area contributed by atoms with Crippen LogP contribution >= 0.6 is 0 Å². The summed E-state index contributed by atoms with van der Waals surface area (Å²) in [4.78, 5) is 6.61. The molecule has 0 unspecified atom stereocenters. The number of methoxy groups -OCH3 is 1. The molecule has 2 aromatic rings. The largest absolute Gasteiger partial charge is 0.479 e. The van der Waals surface area contributed by atoms with Crippen LogP contribution in [-0.4, -0.2) is 25.2 Å². The van der Waals surface area contributed by atoms with Crippen molar-refractivity contribution in [2.24, 2.45) is 0 Å². The van der Waals surface area contributed by atoms with Crippen molar-refractivity contribution in [1.29, 1.82) is 0 Å². The fourth-order valence-corrected chi connectivity index (χ4v) is 2.18. The Morgan fingerprint density at radius 1 is 1.10 bits per heavy atom. The van der Waals surface area contributed by atoms with Gasteiger partial charge in [-0.05, 0) is 50.2 Å². The number of nitrogen functional groups attached to an aromatic ring is 1. The number of benzene rings is 1. The number of hydrogen-bond acceptors (Lipinski definition) is 5. The van der Waals surface area contributed by atoms with E-state index in [-0.39, 0.29) is 0 Å². The average Bonchev–Trinajstić information content (AvgIpc) is 2.52. The van der Waals surface area contributed by atoms with Crippen molar-refractivity contribution in [2.45, 2.75) is 13.8 Å². The van der Waals surface area contributed by atoms with E-state index in [1.165, 1.54) is 5.69 Å². The fraction of sp³-hybridized carbons (Fsp3) is 0.312. The Kier molecular flexibility index (Phi) is 4.87. The van der Waals surface area contributed by atoms with Crippen LogP contribution in [0.5, 0.6) is 5.88 Å². The maximum atomic E-state index is 5.76. The van der Waals surface area contributed by atoms with E-state index in [1.807, 2.05) is 18.2 Å². The summed E-state index contributed by atoms with van der Waals surface area (Å²) in [5.74, 6) is 1.14. The van der Waals surface area contributed by atoms with E-state index in [2.05, 4.69) is 41.2 Å². The molecule has 0 fully saturated rings. The van der Waals surface area contributed by atoms with Gasteiger partial charge in [-0.3, -0.25) is 0 Å². The van der Waals surface area contributed by atoms with Crippen LogP contribution in [0, 0.1) is 0 Å². The fourth-order valence-electron chi connectivity index (χ4n) is 2.18. The molecule has 0 spiro atoms. The van der Waals surface area contributed by atoms with Crippen LogP contribution in [0.2, 0.25) is 0 Å². The Balaban J connectivity index is 2.13. The minimum atomic E-state index is 0.430. The summed E-state index contributed by atoms with van der Waals surface area (Å²) in [5.41, 5.74) is 8.48. The number of rotatable bonds is 6. The molecule has 0 aliphatic heterocycles. The van der Waals surface area contributed by atoms with Crippen molar-refractivity contribution in [1.82, 2.24) is 4.98 Å². The molecular weight excluding hydrogens is 264 g/mol. The number of anilines is 4. The van der Waals surface area contributed by atoms with Crippen molar-refractivity contribution < 1.29 is 4.74 Å². The second-order valence-corrected chi connectivity index (χ2v) is 4.64. The molecule has 0 radical (unpaired) electrons. The van der Waals surface area contributed by atoms with Crippen LogP contribution in [0.4, 0.5) is 22.9 Å². The summed E-state index contributed by atoms with van der Waals surface area (Å²) < 4.78 is 5.12. The first-order chi connectivity index (χ1) is 10.2. The molecule has 0 bridgehead atoms. The van der Waals surface area contributed by atoms with Crippen LogP contribution in [0.1, 0.15) is 13.8 Å². The first kappa shape index (κ1) is 15.0. The van der Waals surface area contributed by atoms with Crippen molar-refractivity contribution in [3.8, 4) is 5.88 Å². The van der Waals surface area contributed by atoms with E-state index >= 15 is 0 Å². The van der Waals surface area contributed by atoms with Gasteiger partial charge >= 0.3 is 0 Å². The molecule has 0 saturated carbocycles. The summed E-state index contributed by atoms with van der Waals surface area (Å²) in [7, 11) is 1.56. The van der Waals surface area contributed by atoms with E-state index in [4.69, 9.17) is 10.5 Å². The molecule has 1 aromatic carbocycles. The molecule has 21 heavy (non-hydrogen) atoms. The van der Waals surface area contributed by atoms with Crippen LogP contribution in [0.15, 0.2) is 36.4 Å². The van der Waals surface area contributed by atoms with Crippen LogP contribution in [-0.2, 0) is 0 Å². The average molecular weight is 286 g/mol. The third-order valence-corrected chi connectivity index (χ3v) is 3.35. The van der Waals surface area contributed by atoms with Gasteiger partial charge in [0.2, 0.25) is 5.88 Å². The van der Waals surface area contributed by atoms with Gasteiger partial charge in [0.25, 0.3) is 0 Å². The van der Waals surface area contributed by atoms with Gasteiger partial charge < -0.3 is 20.7 Å². The van der Waals surface area contributed by atoms with Crippen molar-refractivity contribution in [2.75, 3.05) is 36.1 Å². The van der Waals surface area contributed by atoms with Gasteiger partial charge in [-0.1, -0.05) is 0 Å². The number of ether oxygens (including phenoxy) is 1. The zero-order chi connectivity index (χ0) is 15.2. The third kappa shape index (κ3) is 3.56. The highest BCUT2D eigenvalue weighted by molar-refractivity contribution is 5.63. The van der Waals surface area contributed by atoms with E-state index in [0.717, 1.165) is 18.8 Å². The molecule has 0 amide bonds. The molecule has 0 atom stereocenters. The lowest BCUT2D eigenvalue weighted by Gasteiger charge is -2.21. The molecule has 0 saturated heterocycles. The van der Waals surface area contributed by atoms with Crippen LogP contribution in [0.25, 0.3) is 0 Å². The molecule has 1 aromatic heterocycles. The highest BCUT2D eigenvalue weighted by Gasteiger charge is 2.04. The van der Waals surface area contributed by atoms with Gasteiger partial charge in [0, 0.05) is 24.5 Å². The number of pyridine rings is 1. The standard InChI is InChI=1S/C16H22N4O/c1-4-20(5-2)13-8-6-12(7-9-13)18-15-11-10-14(17)16(19-15)21-3/h6-11H,4-5,17H2,1-3H3,(H,18,19). The summed E-state index contributed by atoms with van der Waals surface area (Å²) in [5, 5.41) is 3.24. The molecule has 3 N–H and O–H groups in total. The molecule has 0 aliphatic rings. The van der Waals surface area contributed by atoms with Gasteiger partial charge in [0.15, 0.2) is 0 Å². The SMILES string of the molecule is CCN(CC)c1ccc(Nc2ccc(N)c(OC)n2)cc1. The quantitative estimate of drug-likeness (QED) is 0.853. The zero-order valence-electron chi connectivity index (χ0n) is 12.8. The maximum absolute atomic E-state index is 5.76. The van der Waals surface area contributed by atoms with Crippen LogP contribution in [0.3, 0.4) is 0 Å². The number of hydrogen-bond donors (Lipinski definition) is 2. The Morgan fingerprint density at radius 3 is 2.33 bits per heavy atom. The van der Waals surface area contributed by atoms with Gasteiger partial charge in [0.1, 0.15) is 5.82 Å². The summed E-state index contributed by atoms with van der Waals surface area (Å²) in [6, 6.07) is 11.9. The van der Waals surface area contributed by atoms with E-state index in [1.54, 1.807) is 13.2 Å². The second kappa shape index (κ2) is 6.83. The molecule has 2 rings (SSSR count). The smallest absolute Gasteiger partial charge is 0.238 e. The Labute approximate surface area is 125 Å². The Bertz CT molecular complexity index is 579. The summed E-state index contributed by atoms with van der Waals surface area (Å²) in [6.07, 6.45) is 0. The first-order valence-corrected chi connectivity index (χ1v) is 7.10. The number of nitrogens with two attached hydrogens (primary N) is 1. The monoisotopic (exact) mass is 286 g/mol. The van der Waals surface area contributed by atoms with Gasteiger partial charge in [0.05, 0.1) is 12.8 Å². The lowest BCUT2D eigenvalue weighted by Crippen LogP contribution is -2.21. The van der Waals surface area contributed by atoms with E-state index in [9.17, 15) is 0 Å². The highest BCUT2D eigenvalue weighted by atomic mass is 16.5. The number of nitrogens with one attached hydrogen (secondary N) is 1. The predicted molar refractivity (Wildman–Crippen MR) is 88.5 cm³/mol. The highest BCUT2D eigenvalue weighted by Crippen LogP contribution is 2.24. The molecule has 0 aliphatic carbocycles. The van der Waals surface area contributed by atoms with Crippen molar-refractivity contribution in [3.63, 3.8) is 0 Å². The molecule has 5 heteroatoms. The topological polar surface area (TPSA) is 63.4 Å². The van der Waals surface area contributed by atoms with Crippen molar-refractivity contribution >= 4 is 22.9 Å². The van der Waals surface area contributed by atoms with Gasteiger partial charge in [-0.25, -0.2) is 0 Å². The minimum Gasteiger partial charge on any atom is -0.479 e. The van der Waals surface area contributed by atoms with Crippen LogP contribution < -0.4 is 20.7 Å². The molecular formula is C16H22N4O. The zero-order valence-corrected chi connectivity index (χ0v) is 12.8. The normalized spacial score (nSPS) is 10.2. The Hall–Kier alpha value is -2.43. The lowest BCUT2D eigenvalue weighted by molar-refractivity contribution is 0.401. The number of aromatic nitrogens is 1. The summed E-state index contributed by atoms with van der Waals surface area (Å²) in [6.45, 7) is 6.31. The third-order valence-electron chi connectivity index (χ3n) is 3.35. The van der Waals surface area contributed by atoms with E-state index in [0.29, 0.717) is 17.4 Å². The Morgan fingerprint density at radius 2 is 1.76 bits per heavy atom. The number of nitrogens with zero attached hydrogens (tertiary/aromatic N) is 2. The first-order valence-electron chi connectivity index (χ1n) is 7.10. The molecule has 112 valence electrons. The summed E-state index contributed by atoms with van der Waals surface area (Å²) >= 11 is 0. The predicted octanol–water partition coefficient (Wildman–Crippen LogP) is 3.26. The maximum Gasteiger partial charge on any atom is 0.238 e. The van der Waals surface area contributed by atoms with Gasteiger partial charge in [-0.15, -0.1) is 0 Å². The molecule has 5 nitrogen and oxygen atoms in total. The lowest BCUT2D eigenvalue weighted by atomic mass is 10.2. The van der Waals surface area contributed by atoms with E-state index < -0.39 is 0 Å². The van der Waals surface area contributed by atoms with Gasteiger partial charge in [-0.2, -0.15) is 4.98 Å². The minimum absolute atomic E-state index is 0.430. The van der Waals surface area contributed by atoms with Crippen molar-refractivity contribution in [3.05, 3.63) is 36.4 Å². The second-order valence-electron chi connectivity index (χ2n) is 4.64.